The Bertz CT molecular complexity index is 1160. The van der Waals surface area contributed by atoms with Gasteiger partial charge in [-0.15, -0.1) is 6.58 Å². The first-order valence-electron chi connectivity index (χ1n) is 11.8. The molecule has 10 heteroatoms. The van der Waals surface area contributed by atoms with Crippen LogP contribution in [-0.4, -0.2) is 58.3 Å². The Kier molecular flexibility index (Phi) is 11.3. The van der Waals surface area contributed by atoms with Gasteiger partial charge in [0.2, 0.25) is 11.8 Å². The number of nitrogens with one attached hydrogen (secondary N) is 1. The van der Waals surface area contributed by atoms with Crippen molar-refractivity contribution in [1.82, 2.24) is 10.2 Å². The number of hydrogen-bond acceptors (Lipinski definition) is 5. The molecular weight excluding hydrogens is 630 g/mol. The Hall–Kier alpha value is -2.11. The lowest BCUT2D eigenvalue weighted by molar-refractivity contribution is -0.139. The highest BCUT2D eigenvalue weighted by Gasteiger charge is 2.40. The normalized spacial score (nSPS) is 19.1. The van der Waals surface area contributed by atoms with Crippen LogP contribution >= 0.6 is 45.8 Å². The molecule has 1 aliphatic carbocycles. The van der Waals surface area contributed by atoms with Crippen LogP contribution in [0.5, 0.6) is 5.75 Å². The third-order valence-corrected chi connectivity index (χ3v) is 7.43. The summed E-state index contributed by atoms with van der Waals surface area (Å²) in [6, 6.07) is 11.6. The van der Waals surface area contributed by atoms with Gasteiger partial charge in [-0.25, -0.2) is 0 Å². The SMILES string of the molecule is C=CCCC(=O)N(Cc1ccc(Cl)cc1Cl)[C@@H]1CC(C(=O)NCCO)=C[C@H](Oc2ccccc2I)[C@H]1O. The Balaban J connectivity index is 2.00. The molecule has 0 heterocycles. The third-order valence-electron chi connectivity index (χ3n) is 5.95. The predicted octanol–water partition coefficient (Wildman–Crippen LogP) is 4.51. The zero-order chi connectivity index (χ0) is 26.9. The fourth-order valence-corrected chi connectivity index (χ4v) is 5.04. The number of amides is 2. The second-order valence-corrected chi connectivity index (χ2v) is 10.5. The third kappa shape index (κ3) is 7.94. The molecular formula is C27H29Cl2IN2O5. The van der Waals surface area contributed by atoms with Gasteiger partial charge in [-0.1, -0.05) is 47.5 Å². The topological polar surface area (TPSA) is 99.1 Å². The average molecular weight is 659 g/mol. The van der Waals surface area contributed by atoms with E-state index >= 15 is 0 Å². The number of hydrogen-bond donors (Lipinski definition) is 3. The number of rotatable bonds is 11. The smallest absolute Gasteiger partial charge is 0.247 e. The summed E-state index contributed by atoms with van der Waals surface area (Å²) in [6.45, 7) is 3.67. The monoisotopic (exact) mass is 658 g/mol. The van der Waals surface area contributed by atoms with Gasteiger partial charge in [-0.05, 0) is 64.9 Å². The number of carbonyl (C=O) groups excluding carboxylic acids is 2. The molecule has 7 nitrogen and oxygen atoms in total. The summed E-state index contributed by atoms with van der Waals surface area (Å²) in [5, 5.41) is 24.1. The molecule has 0 unspecified atom stereocenters. The zero-order valence-corrected chi connectivity index (χ0v) is 23.7. The number of benzene rings is 2. The number of aliphatic hydroxyl groups excluding tert-OH is 2. The number of carbonyl (C=O) groups is 2. The van der Waals surface area contributed by atoms with Gasteiger partial charge in [0.05, 0.1) is 16.2 Å². The largest absolute Gasteiger partial charge is 0.482 e. The number of allylic oxidation sites excluding steroid dienone is 1. The molecule has 2 aromatic carbocycles. The standard InChI is InChI=1S/C27H29Cl2IN2O5/c1-2-3-8-25(34)32(16-17-9-10-19(28)15-20(17)29)22-13-18(27(36)31-11-12-33)14-24(26(22)35)37-23-7-5-4-6-21(23)30/h2,4-7,9-10,14-15,22,24,26,33,35H,1,3,8,11-13,16H2,(H,31,36)/t22-,24+,26+/m1/s1. The summed E-state index contributed by atoms with van der Waals surface area (Å²) in [6.07, 6.45) is 1.92. The summed E-state index contributed by atoms with van der Waals surface area (Å²) < 4.78 is 6.99. The molecule has 37 heavy (non-hydrogen) atoms. The van der Waals surface area contributed by atoms with Crippen LogP contribution in [0, 0.1) is 3.57 Å². The van der Waals surface area contributed by atoms with Crippen LogP contribution in [0.2, 0.25) is 10.0 Å². The molecule has 0 spiro atoms. The van der Waals surface area contributed by atoms with Crippen molar-refractivity contribution in [3.63, 3.8) is 0 Å². The molecule has 3 atom stereocenters. The van der Waals surface area contributed by atoms with E-state index in [2.05, 4.69) is 34.5 Å². The molecule has 0 aromatic heterocycles. The van der Waals surface area contributed by atoms with Crippen LogP contribution in [0.3, 0.4) is 0 Å². The minimum atomic E-state index is -1.14. The summed E-state index contributed by atoms with van der Waals surface area (Å²) in [4.78, 5) is 27.9. The van der Waals surface area contributed by atoms with Crippen molar-refractivity contribution in [1.29, 1.82) is 0 Å². The van der Waals surface area contributed by atoms with E-state index < -0.39 is 24.2 Å². The van der Waals surface area contributed by atoms with Crippen LogP contribution in [0.1, 0.15) is 24.8 Å². The quantitative estimate of drug-likeness (QED) is 0.244. The molecule has 0 aliphatic heterocycles. The summed E-state index contributed by atoms with van der Waals surface area (Å²) in [7, 11) is 0. The van der Waals surface area contributed by atoms with Gasteiger partial charge in [-0.3, -0.25) is 9.59 Å². The highest BCUT2D eigenvalue weighted by atomic mass is 127. The maximum Gasteiger partial charge on any atom is 0.247 e. The highest BCUT2D eigenvalue weighted by Crippen LogP contribution is 2.32. The lowest BCUT2D eigenvalue weighted by atomic mass is 9.87. The van der Waals surface area contributed by atoms with E-state index in [-0.39, 0.29) is 38.4 Å². The van der Waals surface area contributed by atoms with Crippen LogP contribution in [0.15, 0.2) is 66.8 Å². The number of para-hydroxylation sites is 1. The molecule has 0 radical (unpaired) electrons. The number of halogens is 3. The van der Waals surface area contributed by atoms with Gasteiger partial charge in [0, 0.05) is 41.5 Å². The van der Waals surface area contributed by atoms with Crippen molar-refractivity contribution in [2.24, 2.45) is 0 Å². The maximum absolute atomic E-state index is 13.4. The minimum Gasteiger partial charge on any atom is -0.482 e. The molecule has 2 aromatic rings. The van der Waals surface area contributed by atoms with Gasteiger partial charge in [0.25, 0.3) is 0 Å². The molecule has 3 N–H and O–H groups in total. The van der Waals surface area contributed by atoms with E-state index in [9.17, 15) is 14.7 Å². The zero-order valence-electron chi connectivity index (χ0n) is 20.1. The summed E-state index contributed by atoms with van der Waals surface area (Å²) in [5.41, 5.74) is 1.00. The van der Waals surface area contributed by atoms with Gasteiger partial charge in [-0.2, -0.15) is 0 Å². The summed E-state index contributed by atoms with van der Waals surface area (Å²) >= 11 is 14.6. The van der Waals surface area contributed by atoms with Crippen LogP contribution in [0.25, 0.3) is 0 Å². The van der Waals surface area contributed by atoms with Crippen molar-refractivity contribution in [2.75, 3.05) is 13.2 Å². The molecule has 2 amide bonds. The van der Waals surface area contributed by atoms with Crippen LogP contribution in [-0.2, 0) is 16.1 Å². The Morgan fingerprint density at radius 1 is 1.24 bits per heavy atom. The fraction of sp³-hybridized carbons (Fsp3) is 0.333. The molecule has 198 valence electrons. The van der Waals surface area contributed by atoms with E-state index in [1.54, 1.807) is 41.3 Å². The lowest BCUT2D eigenvalue weighted by Crippen LogP contribution is -2.54. The van der Waals surface area contributed by atoms with Gasteiger partial charge < -0.3 is 25.2 Å². The van der Waals surface area contributed by atoms with Gasteiger partial charge in [0.1, 0.15) is 18.0 Å². The Morgan fingerprint density at radius 2 is 2.00 bits per heavy atom. The summed E-state index contributed by atoms with van der Waals surface area (Å²) in [5.74, 6) is -0.0743. The van der Waals surface area contributed by atoms with E-state index in [4.69, 9.17) is 33.0 Å². The van der Waals surface area contributed by atoms with Crippen LogP contribution < -0.4 is 10.1 Å². The number of aliphatic hydroxyl groups is 2. The van der Waals surface area contributed by atoms with E-state index in [1.807, 2.05) is 18.2 Å². The molecule has 3 rings (SSSR count). The van der Waals surface area contributed by atoms with E-state index in [0.29, 0.717) is 33.4 Å². The maximum atomic E-state index is 13.4. The molecule has 0 saturated carbocycles. The first-order chi connectivity index (χ1) is 17.7. The predicted molar refractivity (Wildman–Crippen MR) is 153 cm³/mol. The van der Waals surface area contributed by atoms with Crippen molar-refractivity contribution in [3.8, 4) is 5.75 Å². The second-order valence-electron chi connectivity index (χ2n) is 8.53. The Labute approximate surface area is 240 Å². The van der Waals surface area contributed by atoms with Gasteiger partial charge >= 0.3 is 0 Å². The first-order valence-corrected chi connectivity index (χ1v) is 13.6. The number of nitrogens with zero attached hydrogens (tertiary/aromatic N) is 1. The van der Waals surface area contributed by atoms with Crippen molar-refractivity contribution < 1.29 is 24.5 Å². The number of ether oxygens (including phenoxy) is 1. The minimum absolute atomic E-state index is 0.0772. The van der Waals surface area contributed by atoms with Crippen molar-refractivity contribution >= 4 is 57.6 Å². The van der Waals surface area contributed by atoms with Crippen molar-refractivity contribution in [2.45, 2.75) is 44.1 Å². The van der Waals surface area contributed by atoms with Crippen molar-refractivity contribution in [3.05, 3.63) is 85.9 Å². The van der Waals surface area contributed by atoms with E-state index in [1.165, 1.54) is 0 Å². The molecule has 0 bridgehead atoms. The second kappa shape index (κ2) is 14.2. The molecule has 0 saturated heterocycles. The van der Waals surface area contributed by atoms with E-state index in [0.717, 1.165) is 3.57 Å². The average Bonchev–Trinajstić information content (AvgIpc) is 2.88. The highest BCUT2D eigenvalue weighted by molar-refractivity contribution is 14.1. The fourth-order valence-electron chi connectivity index (χ4n) is 4.06. The molecule has 0 fully saturated rings. The first kappa shape index (κ1) is 29.4. The Morgan fingerprint density at radius 3 is 2.68 bits per heavy atom. The van der Waals surface area contributed by atoms with Gasteiger partial charge in [0.15, 0.2) is 0 Å². The molecule has 1 aliphatic rings. The lowest BCUT2D eigenvalue weighted by Gasteiger charge is -2.40. The van der Waals surface area contributed by atoms with Crippen LogP contribution in [0.4, 0.5) is 0 Å².